The van der Waals surface area contributed by atoms with Gasteiger partial charge in [-0.05, 0) is 22.6 Å². The van der Waals surface area contributed by atoms with Crippen LogP contribution in [0, 0.1) is 11.3 Å². The number of nitrogens with zero attached hydrogens (tertiary/aromatic N) is 7. The number of H-pyrrole nitrogens is 2. The van der Waals surface area contributed by atoms with Crippen molar-refractivity contribution in [2.75, 3.05) is 5.73 Å². The Hall–Kier alpha value is -3.58. The summed E-state index contributed by atoms with van der Waals surface area (Å²) in [7, 11) is 0. The molecule has 0 aliphatic carbocycles. The Labute approximate surface area is 138 Å². The smallest absolute Gasteiger partial charge is 0.200 e. The van der Waals surface area contributed by atoms with Gasteiger partial charge < -0.3 is 5.73 Å². The molecule has 10 nitrogen and oxygen atoms in total. The van der Waals surface area contributed by atoms with Gasteiger partial charge in [0.15, 0.2) is 17.3 Å². The predicted molar refractivity (Wildman–Crippen MR) is 84.4 cm³/mol. The van der Waals surface area contributed by atoms with Gasteiger partial charge in [0.05, 0.1) is 16.7 Å². The number of aromatic amines is 2. The van der Waals surface area contributed by atoms with Crippen LogP contribution in [0.3, 0.4) is 0 Å². The number of nitrogens with one attached hydrogen (secondary N) is 2. The molecule has 3 heterocycles. The standard InChI is InChI=1S/C13H7ClN10/c14-7-2-5(1-6-4-17-20-9(6)7)10-11(13-21-23-24-22-13)19-12(16)8(3-15)18-10/h1-2,4H,(H2,16,19)(H,17,20)(H,21,22,23,24). The largest absolute Gasteiger partial charge is 0.381 e. The molecule has 0 bridgehead atoms. The molecular formula is C13H7ClN10. The van der Waals surface area contributed by atoms with Gasteiger partial charge in [0.2, 0.25) is 0 Å². The lowest BCUT2D eigenvalue weighted by Gasteiger charge is -2.08. The number of nitriles is 1. The van der Waals surface area contributed by atoms with E-state index in [1.165, 1.54) is 0 Å². The van der Waals surface area contributed by atoms with Crippen molar-refractivity contribution in [1.29, 1.82) is 5.26 Å². The number of fused-ring (bicyclic) bond motifs is 1. The minimum absolute atomic E-state index is 0.00429. The van der Waals surface area contributed by atoms with Gasteiger partial charge in [0, 0.05) is 10.9 Å². The Kier molecular flexibility index (Phi) is 3.07. The van der Waals surface area contributed by atoms with Crippen molar-refractivity contribution >= 4 is 28.3 Å². The molecular weight excluding hydrogens is 332 g/mol. The maximum atomic E-state index is 9.18. The summed E-state index contributed by atoms with van der Waals surface area (Å²) in [6, 6.07) is 5.42. The molecule has 24 heavy (non-hydrogen) atoms. The highest BCUT2D eigenvalue weighted by atomic mass is 35.5. The second-order valence-electron chi connectivity index (χ2n) is 4.81. The molecule has 4 rings (SSSR count). The number of aromatic nitrogens is 8. The number of nitrogens with two attached hydrogens (primary N) is 1. The maximum absolute atomic E-state index is 9.18. The van der Waals surface area contributed by atoms with Gasteiger partial charge in [0.1, 0.15) is 17.5 Å². The van der Waals surface area contributed by atoms with Crippen molar-refractivity contribution in [3.05, 3.63) is 29.0 Å². The van der Waals surface area contributed by atoms with Gasteiger partial charge >= 0.3 is 0 Å². The Balaban J connectivity index is 2.03. The zero-order valence-electron chi connectivity index (χ0n) is 11.8. The second-order valence-corrected chi connectivity index (χ2v) is 5.22. The van der Waals surface area contributed by atoms with Gasteiger partial charge in [-0.25, -0.2) is 15.1 Å². The zero-order chi connectivity index (χ0) is 16.7. The number of rotatable bonds is 2. The first-order chi connectivity index (χ1) is 11.7. The van der Waals surface area contributed by atoms with Crippen LogP contribution < -0.4 is 5.73 Å². The average molecular weight is 339 g/mol. The number of hydrogen-bond acceptors (Lipinski definition) is 8. The predicted octanol–water partition coefficient (Wildman–Crippen LogP) is 1.31. The van der Waals surface area contributed by atoms with Crippen LogP contribution in [0.5, 0.6) is 0 Å². The highest BCUT2D eigenvalue weighted by molar-refractivity contribution is 6.35. The minimum Gasteiger partial charge on any atom is -0.381 e. The summed E-state index contributed by atoms with van der Waals surface area (Å²) in [4.78, 5) is 8.51. The Morgan fingerprint density at radius 1 is 1.17 bits per heavy atom. The number of halogens is 1. The molecule has 0 aliphatic heterocycles. The van der Waals surface area contributed by atoms with Crippen LogP contribution in [0.4, 0.5) is 5.82 Å². The quantitative estimate of drug-likeness (QED) is 0.493. The van der Waals surface area contributed by atoms with Gasteiger partial charge in [-0.1, -0.05) is 11.6 Å². The number of hydrogen-bond donors (Lipinski definition) is 3. The molecule has 1 aromatic carbocycles. The molecule has 0 radical (unpaired) electrons. The van der Waals surface area contributed by atoms with E-state index in [1.807, 2.05) is 12.1 Å². The highest BCUT2D eigenvalue weighted by Gasteiger charge is 2.19. The molecule has 0 saturated heterocycles. The van der Waals surface area contributed by atoms with Crippen LogP contribution in [0.1, 0.15) is 5.69 Å². The molecule has 4 aromatic rings. The molecule has 11 heteroatoms. The summed E-state index contributed by atoms with van der Waals surface area (Å²) in [5, 5.41) is 30.7. The molecule has 4 N–H and O–H groups in total. The molecule has 0 unspecified atom stereocenters. The summed E-state index contributed by atoms with van der Waals surface area (Å²) in [6.07, 6.45) is 1.64. The number of anilines is 1. The average Bonchev–Trinajstić information content (AvgIpc) is 3.26. The van der Waals surface area contributed by atoms with Crippen LogP contribution >= 0.6 is 11.6 Å². The van der Waals surface area contributed by atoms with Crippen LogP contribution in [0.15, 0.2) is 18.3 Å². The van der Waals surface area contributed by atoms with E-state index in [0.717, 1.165) is 5.39 Å². The van der Waals surface area contributed by atoms with Crippen LogP contribution in [-0.2, 0) is 0 Å². The maximum Gasteiger partial charge on any atom is 0.200 e. The first-order valence-corrected chi connectivity index (χ1v) is 7.00. The van der Waals surface area contributed by atoms with Crippen molar-refractivity contribution in [1.82, 2.24) is 40.8 Å². The van der Waals surface area contributed by atoms with E-state index in [4.69, 9.17) is 17.3 Å². The van der Waals surface area contributed by atoms with Crippen LogP contribution in [0.2, 0.25) is 5.02 Å². The fraction of sp³-hybridized carbons (Fsp3) is 0. The molecule has 0 saturated carbocycles. The molecule has 116 valence electrons. The van der Waals surface area contributed by atoms with Crippen molar-refractivity contribution in [3.8, 4) is 28.8 Å². The second kappa shape index (κ2) is 5.25. The van der Waals surface area contributed by atoms with E-state index < -0.39 is 0 Å². The number of nitrogen functional groups attached to an aromatic ring is 1. The van der Waals surface area contributed by atoms with Crippen molar-refractivity contribution in [3.63, 3.8) is 0 Å². The lowest BCUT2D eigenvalue weighted by molar-refractivity contribution is 0.881. The molecule has 0 atom stereocenters. The minimum atomic E-state index is -0.0110. The fourth-order valence-electron chi connectivity index (χ4n) is 2.31. The summed E-state index contributed by atoms with van der Waals surface area (Å²) in [6.45, 7) is 0. The van der Waals surface area contributed by atoms with Gasteiger partial charge in [-0.15, -0.1) is 5.10 Å². The van der Waals surface area contributed by atoms with E-state index in [9.17, 15) is 5.26 Å². The summed E-state index contributed by atoms with van der Waals surface area (Å²) < 4.78 is 0. The van der Waals surface area contributed by atoms with Gasteiger partial charge in [-0.3, -0.25) is 5.10 Å². The molecule has 0 amide bonds. The van der Waals surface area contributed by atoms with Crippen LogP contribution in [-0.4, -0.2) is 40.8 Å². The fourth-order valence-corrected chi connectivity index (χ4v) is 2.58. The topological polar surface area (TPSA) is 159 Å². The van der Waals surface area contributed by atoms with E-state index in [2.05, 4.69) is 40.8 Å². The van der Waals surface area contributed by atoms with Crippen molar-refractivity contribution < 1.29 is 0 Å². The first kappa shape index (κ1) is 14.0. The SMILES string of the molecule is N#Cc1nc(-c2cc(Cl)c3[nH]ncc3c2)c(-c2nnn[nH]2)nc1N. The first-order valence-electron chi connectivity index (χ1n) is 6.62. The zero-order valence-corrected chi connectivity index (χ0v) is 12.6. The Morgan fingerprint density at radius 2 is 2.04 bits per heavy atom. The number of benzene rings is 1. The van der Waals surface area contributed by atoms with E-state index in [1.54, 1.807) is 12.3 Å². The Morgan fingerprint density at radius 3 is 2.79 bits per heavy atom. The normalized spacial score (nSPS) is 10.8. The van der Waals surface area contributed by atoms with E-state index in [-0.39, 0.29) is 17.3 Å². The van der Waals surface area contributed by atoms with E-state index >= 15 is 0 Å². The van der Waals surface area contributed by atoms with Crippen molar-refractivity contribution in [2.45, 2.75) is 0 Å². The summed E-state index contributed by atoms with van der Waals surface area (Å²) >= 11 is 6.28. The lowest BCUT2D eigenvalue weighted by Crippen LogP contribution is -2.04. The monoisotopic (exact) mass is 338 g/mol. The summed E-state index contributed by atoms with van der Waals surface area (Å²) in [5.74, 6) is 0.264. The molecule has 0 spiro atoms. The van der Waals surface area contributed by atoms with E-state index in [0.29, 0.717) is 27.5 Å². The van der Waals surface area contributed by atoms with Gasteiger partial charge in [-0.2, -0.15) is 10.4 Å². The molecule has 3 aromatic heterocycles. The molecule has 0 aliphatic rings. The van der Waals surface area contributed by atoms with Crippen LogP contribution in [0.25, 0.3) is 33.7 Å². The highest BCUT2D eigenvalue weighted by Crippen LogP contribution is 2.33. The van der Waals surface area contributed by atoms with Gasteiger partial charge in [0.25, 0.3) is 0 Å². The number of tetrazole rings is 1. The van der Waals surface area contributed by atoms with Crippen molar-refractivity contribution in [2.24, 2.45) is 0 Å². The summed E-state index contributed by atoms with van der Waals surface area (Å²) in [5.41, 5.74) is 7.80. The Bertz CT molecular complexity index is 1090. The third kappa shape index (κ3) is 2.11. The molecule has 0 fully saturated rings. The lowest BCUT2D eigenvalue weighted by atomic mass is 10.1. The third-order valence-electron chi connectivity index (χ3n) is 3.37. The third-order valence-corrected chi connectivity index (χ3v) is 3.67.